The van der Waals surface area contributed by atoms with E-state index in [-0.39, 0.29) is 25.2 Å². The molecule has 0 saturated carbocycles. The number of carboxylic acids is 1. The van der Waals surface area contributed by atoms with Crippen LogP contribution in [0.5, 0.6) is 0 Å². The van der Waals surface area contributed by atoms with E-state index in [4.69, 9.17) is 14.9 Å². The topological polar surface area (TPSA) is 99.1 Å². The minimum Gasteiger partial charge on any atom is -0.480 e. The van der Waals surface area contributed by atoms with Gasteiger partial charge in [-0.3, -0.25) is 9.69 Å². The zero-order chi connectivity index (χ0) is 12.8. The predicted octanol–water partition coefficient (Wildman–Crippen LogP) is -1.73. The van der Waals surface area contributed by atoms with Crippen LogP contribution in [0.15, 0.2) is 0 Å². The molecule has 3 N–H and O–H groups in total. The van der Waals surface area contributed by atoms with Crippen molar-refractivity contribution in [3.8, 4) is 0 Å². The molecule has 2 unspecified atom stereocenters. The molecule has 1 aliphatic rings. The third-order valence-electron chi connectivity index (χ3n) is 2.54. The highest BCUT2D eigenvalue weighted by Crippen LogP contribution is 2.05. The SMILES string of the molecule is CC(=O)NC(CN1CCOC(CO)C1)C(=O)O. The Balaban J connectivity index is 2.48. The fraction of sp³-hybridized carbons (Fsp3) is 0.800. The van der Waals surface area contributed by atoms with E-state index in [0.29, 0.717) is 19.7 Å². The highest BCUT2D eigenvalue weighted by Gasteiger charge is 2.26. The minimum absolute atomic E-state index is 0.0889. The van der Waals surface area contributed by atoms with Crippen LogP contribution < -0.4 is 5.32 Å². The lowest BCUT2D eigenvalue weighted by Crippen LogP contribution is -2.52. The van der Waals surface area contributed by atoms with E-state index in [1.165, 1.54) is 6.92 Å². The molecule has 1 fully saturated rings. The normalized spacial score (nSPS) is 23.1. The summed E-state index contributed by atoms with van der Waals surface area (Å²) in [4.78, 5) is 23.7. The molecule has 0 spiro atoms. The summed E-state index contributed by atoms with van der Waals surface area (Å²) in [7, 11) is 0. The van der Waals surface area contributed by atoms with Crippen molar-refractivity contribution >= 4 is 11.9 Å². The van der Waals surface area contributed by atoms with E-state index in [2.05, 4.69) is 5.32 Å². The number of aliphatic carboxylic acids is 1. The summed E-state index contributed by atoms with van der Waals surface area (Å²) >= 11 is 0. The molecular weight excluding hydrogens is 228 g/mol. The van der Waals surface area contributed by atoms with E-state index >= 15 is 0 Å². The standard InChI is InChI=1S/C10H18N2O5/c1-7(14)11-9(10(15)16)5-12-2-3-17-8(4-12)6-13/h8-9,13H,2-6H2,1H3,(H,11,14)(H,15,16). The number of hydrogen-bond donors (Lipinski definition) is 3. The van der Waals surface area contributed by atoms with Crippen molar-refractivity contribution in [2.45, 2.75) is 19.1 Å². The van der Waals surface area contributed by atoms with Crippen molar-refractivity contribution in [2.24, 2.45) is 0 Å². The van der Waals surface area contributed by atoms with Crippen LogP contribution in [0.25, 0.3) is 0 Å². The van der Waals surface area contributed by atoms with Crippen molar-refractivity contribution in [3.63, 3.8) is 0 Å². The molecule has 7 heteroatoms. The summed E-state index contributed by atoms with van der Waals surface area (Å²) < 4.78 is 5.25. The number of morpholine rings is 1. The summed E-state index contributed by atoms with van der Waals surface area (Å²) in [6.07, 6.45) is -0.282. The van der Waals surface area contributed by atoms with E-state index in [1.807, 2.05) is 4.90 Å². The van der Waals surface area contributed by atoms with Crippen molar-refractivity contribution in [2.75, 3.05) is 32.8 Å². The van der Waals surface area contributed by atoms with Crippen LogP contribution in [-0.4, -0.2) is 72.0 Å². The molecule has 1 rings (SSSR count). The smallest absolute Gasteiger partial charge is 0.327 e. The summed E-state index contributed by atoms with van der Waals surface area (Å²) in [5, 5.41) is 20.3. The summed E-state index contributed by atoms with van der Waals surface area (Å²) in [6.45, 7) is 2.94. The average Bonchev–Trinajstić information content (AvgIpc) is 2.27. The quantitative estimate of drug-likeness (QED) is 0.533. The van der Waals surface area contributed by atoms with Gasteiger partial charge in [0, 0.05) is 26.6 Å². The van der Waals surface area contributed by atoms with Gasteiger partial charge in [-0.05, 0) is 0 Å². The Hall–Kier alpha value is -1.18. The van der Waals surface area contributed by atoms with Gasteiger partial charge in [0.1, 0.15) is 6.04 Å². The Kier molecular flexibility index (Phi) is 5.33. The summed E-state index contributed by atoms with van der Waals surface area (Å²) in [5.41, 5.74) is 0. The second kappa shape index (κ2) is 6.53. The van der Waals surface area contributed by atoms with Crippen LogP contribution in [0, 0.1) is 0 Å². The number of rotatable bonds is 5. The van der Waals surface area contributed by atoms with Crippen molar-refractivity contribution < 1.29 is 24.5 Å². The van der Waals surface area contributed by atoms with E-state index < -0.39 is 12.0 Å². The van der Waals surface area contributed by atoms with Crippen LogP contribution in [-0.2, 0) is 14.3 Å². The van der Waals surface area contributed by atoms with Gasteiger partial charge in [-0.15, -0.1) is 0 Å². The molecule has 17 heavy (non-hydrogen) atoms. The van der Waals surface area contributed by atoms with Crippen LogP contribution in [0.2, 0.25) is 0 Å². The third-order valence-corrected chi connectivity index (χ3v) is 2.54. The fourth-order valence-corrected chi connectivity index (χ4v) is 1.75. The van der Waals surface area contributed by atoms with E-state index in [9.17, 15) is 9.59 Å². The molecule has 7 nitrogen and oxygen atoms in total. The number of aliphatic hydroxyl groups is 1. The molecule has 1 amide bonds. The Labute approximate surface area is 99.4 Å². The predicted molar refractivity (Wildman–Crippen MR) is 58.5 cm³/mol. The molecular formula is C10H18N2O5. The fourth-order valence-electron chi connectivity index (χ4n) is 1.75. The van der Waals surface area contributed by atoms with Gasteiger partial charge in [0.2, 0.25) is 5.91 Å². The number of carbonyl (C=O) groups excluding carboxylic acids is 1. The van der Waals surface area contributed by atoms with Crippen molar-refractivity contribution in [1.82, 2.24) is 10.2 Å². The van der Waals surface area contributed by atoms with Crippen molar-refractivity contribution in [3.05, 3.63) is 0 Å². The molecule has 0 aromatic carbocycles. The lowest BCUT2D eigenvalue weighted by molar-refractivity contribution is -0.143. The first-order valence-corrected chi connectivity index (χ1v) is 5.47. The number of nitrogens with one attached hydrogen (secondary N) is 1. The van der Waals surface area contributed by atoms with Crippen LogP contribution in [0.4, 0.5) is 0 Å². The Morgan fingerprint density at radius 1 is 1.59 bits per heavy atom. The maximum atomic E-state index is 10.9. The highest BCUT2D eigenvalue weighted by molar-refractivity contribution is 5.82. The first kappa shape index (κ1) is 13.9. The van der Waals surface area contributed by atoms with Gasteiger partial charge >= 0.3 is 5.97 Å². The summed E-state index contributed by atoms with van der Waals surface area (Å²) in [6, 6.07) is -0.926. The van der Waals surface area contributed by atoms with Gasteiger partial charge in [0.15, 0.2) is 0 Å². The van der Waals surface area contributed by atoms with Crippen LogP contribution in [0.3, 0.4) is 0 Å². The van der Waals surface area contributed by atoms with Gasteiger partial charge in [-0.2, -0.15) is 0 Å². The lowest BCUT2D eigenvalue weighted by atomic mass is 10.2. The van der Waals surface area contributed by atoms with Crippen LogP contribution in [0.1, 0.15) is 6.92 Å². The number of aliphatic hydroxyl groups excluding tert-OH is 1. The second-order valence-electron chi connectivity index (χ2n) is 4.03. The summed E-state index contributed by atoms with van der Waals surface area (Å²) in [5.74, 6) is -1.43. The lowest BCUT2D eigenvalue weighted by Gasteiger charge is -2.33. The number of carbonyl (C=O) groups is 2. The van der Waals surface area contributed by atoms with E-state index in [1.54, 1.807) is 0 Å². The second-order valence-corrected chi connectivity index (χ2v) is 4.03. The number of carboxylic acid groups (broad SMARTS) is 1. The average molecular weight is 246 g/mol. The molecule has 0 aromatic heterocycles. The van der Waals surface area contributed by atoms with Gasteiger partial charge in [0.05, 0.1) is 19.3 Å². The van der Waals surface area contributed by atoms with Crippen molar-refractivity contribution in [1.29, 1.82) is 0 Å². The molecule has 1 heterocycles. The van der Waals surface area contributed by atoms with Gasteiger partial charge in [-0.25, -0.2) is 4.79 Å². The number of hydrogen-bond acceptors (Lipinski definition) is 5. The maximum absolute atomic E-state index is 10.9. The van der Waals surface area contributed by atoms with Gasteiger partial charge in [-0.1, -0.05) is 0 Å². The number of nitrogens with zero attached hydrogens (tertiary/aromatic N) is 1. The molecule has 0 aromatic rings. The Bertz CT molecular complexity index is 284. The molecule has 0 aliphatic carbocycles. The number of ether oxygens (including phenoxy) is 1. The first-order chi connectivity index (χ1) is 8.02. The minimum atomic E-state index is -1.06. The zero-order valence-corrected chi connectivity index (χ0v) is 9.76. The molecule has 1 saturated heterocycles. The third kappa shape index (κ3) is 4.68. The van der Waals surface area contributed by atoms with Crippen LogP contribution >= 0.6 is 0 Å². The maximum Gasteiger partial charge on any atom is 0.327 e. The molecule has 0 bridgehead atoms. The molecule has 2 atom stereocenters. The Morgan fingerprint density at radius 2 is 2.29 bits per heavy atom. The first-order valence-electron chi connectivity index (χ1n) is 5.47. The zero-order valence-electron chi connectivity index (χ0n) is 9.76. The van der Waals surface area contributed by atoms with Gasteiger partial charge < -0.3 is 20.3 Å². The Morgan fingerprint density at radius 3 is 2.82 bits per heavy atom. The molecule has 0 radical (unpaired) electrons. The largest absolute Gasteiger partial charge is 0.480 e. The molecule has 1 aliphatic heterocycles. The highest BCUT2D eigenvalue weighted by atomic mass is 16.5. The number of amides is 1. The monoisotopic (exact) mass is 246 g/mol. The molecule has 98 valence electrons. The van der Waals surface area contributed by atoms with E-state index in [0.717, 1.165) is 0 Å². The van der Waals surface area contributed by atoms with Gasteiger partial charge in [0.25, 0.3) is 0 Å².